The Morgan fingerprint density at radius 3 is 2.43 bits per heavy atom. The second kappa shape index (κ2) is 7.91. The zero-order valence-electron chi connectivity index (χ0n) is 15.7. The maximum absolute atomic E-state index is 12.5. The minimum Gasteiger partial charge on any atom is -0.465 e. The van der Waals surface area contributed by atoms with Crippen LogP contribution in [0.15, 0.2) is 65.1 Å². The summed E-state index contributed by atoms with van der Waals surface area (Å²) < 4.78 is 9.69. The first-order valence-corrected chi connectivity index (χ1v) is 8.48. The van der Waals surface area contributed by atoms with Crippen LogP contribution in [-0.4, -0.2) is 37.8 Å². The van der Waals surface area contributed by atoms with E-state index in [1.165, 1.54) is 30.2 Å². The Hall–Kier alpha value is -3.68. The fourth-order valence-corrected chi connectivity index (χ4v) is 2.90. The number of carbonyl (C=O) groups excluding carboxylic acids is 3. The number of hydrogen-bond acceptors (Lipinski definition) is 7. The zero-order chi connectivity index (χ0) is 20.3. The summed E-state index contributed by atoms with van der Waals surface area (Å²) in [5, 5.41) is 5.57. The Morgan fingerprint density at radius 1 is 1.07 bits per heavy atom. The lowest BCUT2D eigenvalue weighted by Crippen LogP contribution is -2.27. The fourth-order valence-electron chi connectivity index (χ4n) is 2.90. The molecule has 0 aliphatic carbocycles. The van der Waals surface area contributed by atoms with Gasteiger partial charge in [0.2, 0.25) is 0 Å². The number of benzene rings is 1. The maximum atomic E-state index is 12.5. The molecule has 0 bridgehead atoms. The molecule has 0 spiro atoms. The number of anilines is 2. The van der Waals surface area contributed by atoms with Crippen LogP contribution in [-0.2, 0) is 23.9 Å². The molecule has 0 unspecified atom stereocenters. The first kappa shape index (κ1) is 19.1. The third kappa shape index (κ3) is 3.57. The highest BCUT2D eigenvalue weighted by Gasteiger charge is 2.28. The molecule has 28 heavy (non-hydrogen) atoms. The summed E-state index contributed by atoms with van der Waals surface area (Å²) in [5.41, 5.74) is 1.87. The van der Waals surface area contributed by atoms with Crippen molar-refractivity contribution in [2.75, 3.05) is 24.1 Å². The molecule has 1 aromatic rings. The van der Waals surface area contributed by atoms with Crippen molar-refractivity contribution < 1.29 is 23.9 Å². The number of hydrogen-bond donors (Lipinski definition) is 0. The first-order chi connectivity index (χ1) is 13.5. The monoisotopic (exact) mass is 381 g/mol. The van der Waals surface area contributed by atoms with Gasteiger partial charge in [0, 0.05) is 17.6 Å². The molecule has 3 rings (SSSR count). The van der Waals surface area contributed by atoms with Crippen LogP contribution in [0.1, 0.15) is 13.3 Å². The minimum atomic E-state index is -0.701. The van der Waals surface area contributed by atoms with E-state index in [4.69, 9.17) is 9.47 Å². The standard InChI is InChI=1S/C20H19N3O5/c1-13-11-17(24)23(21-13)15-8-6-7-14(12-15)22-10-5-4-9-16(19(25)27-2)18(22)20(26)28-3/h4-10,12H,11H2,1-3H3. The SMILES string of the molecule is COC(=O)C1=C(C(=O)OC)N(c2cccc(N3N=C(C)CC3=O)c2)C=CC=C1. The van der Waals surface area contributed by atoms with E-state index >= 15 is 0 Å². The van der Waals surface area contributed by atoms with Gasteiger partial charge < -0.3 is 14.4 Å². The molecule has 2 aliphatic rings. The molecule has 0 radical (unpaired) electrons. The smallest absolute Gasteiger partial charge is 0.355 e. The van der Waals surface area contributed by atoms with Crippen molar-refractivity contribution in [2.24, 2.45) is 5.10 Å². The third-order valence-corrected chi connectivity index (χ3v) is 4.16. The largest absolute Gasteiger partial charge is 0.465 e. The van der Waals surface area contributed by atoms with Gasteiger partial charge in [0.15, 0.2) is 0 Å². The highest BCUT2D eigenvalue weighted by atomic mass is 16.5. The Balaban J connectivity index is 2.10. The predicted octanol–water partition coefficient (Wildman–Crippen LogP) is 2.29. The molecule has 144 valence electrons. The Labute approximate surface area is 162 Å². The molecule has 0 atom stereocenters. The molecule has 0 aromatic heterocycles. The molecular weight excluding hydrogens is 362 g/mol. The normalized spacial score (nSPS) is 16.2. The van der Waals surface area contributed by atoms with E-state index in [9.17, 15) is 14.4 Å². The number of ether oxygens (including phenoxy) is 2. The van der Waals surface area contributed by atoms with E-state index in [-0.39, 0.29) is 23.6 Å². The molecule has 8 nitrogen and oxygen atoms in total. The molecule has 1 aromatic carbocycles. The van der Waals surface area contributed by atoms with Gasteiger partial charge in [-0.15, -0.1) is 0 Å². The minimum absolute atomic E-state index is 0.00364. The van der Waals surface area contributed by atoms with E-state index in [1.807, 2.05) is 0 Å². The number of hydrazone groups is 1. The number of rotatable bonds is 4. The number of esters is 2. The number of carbonyl (C=O) groups is 3. The summed E-state index contributed by atoms with van der Waals surface area (Å²) in [5.74, 6) is -1.51. The van der Waals surface area contributed by atoms with Gasteiger partial charge in [-0.25, -0.2) is 14.6 Å². The van der Waals surface area contributed by atoms with Crippen molar-refractivity contribution in [3.8, 4) is 0 Å². The van der Waals surface area contributed by atoms with Gasteiger partial charge in [-0.05, 0) is 37.3 Å². The summed E-state index contributed by atoms with van der Waals surface area (Å²) >= 11 is 0. The van der Waals surface area contributed by atoms with Gasteiger partial charge >= 0.3 is 11.9 Å². The van der Waals surface area contributed by atoms with Crippen LogP contribution in [0, 0.1) is 0 Å². The first-order valence-electron chi connectivity index (χ1n) is 8.48. The zero-order valence-corrected chi connectivity index (χ0v) is 15.7. The fraction of sp³-hybridized carbons (Fsp3) is 0.200. The topological polar surface area (TPSA) is 88.5 Å². The van der Waals surface area contributed by atoms with Crippen molar-refractivity contribution in [3.05, 3.63) is 60.0 Å². The van der Waals surface area contributed by atoms with Crippen molar-refractivity contribution >= 4 is 34.9 Å². The van der Waals surface area contributed by atoms with Crippen molar-refractivity contribution in [1.82, 2.24) is 0 Å². The lowest BCUT2D eigenvalue weighted by Gasteiger charge is -2.24. The average Bonchev–Trinajstić information content (AvgIpc) is 2.91. The summed E-state index contributed by atoms with van der Waals surface area (Å²) in [6.45, 7) is 1.78. The number of amides is 1. The van der Waals surface area contributed by atoms with E-state index in [0.717, 1.165) is 5.71 Å². The lowest BCUT2D eigenvalue weighted by molar-refractivity contribution is -0.139. The summed E-state index contributed by atoms with van der Waals surface area (Å²) in [7, 11) is 2.47. The van der Waals surface area contributed by atoms with Gasteiger partial charge in [0.25, 0.3) is 5.91 Å². The second-order valence-electron chi connectivity index (χ2n) is 6.05. The molecule has 1 amide bonds. The molecule has 0 N–H and O–H groups in total. The lowest BCUT2D eigenvalue weighted by atomic mass is 10.1. The van der Waals surface area contributed by atoms with Gasteiger partial charge in [0.1, 0.15) is 5.70 Å². The molecule has 2 aliphatic heterocycles. The van der Waals surface area contributed by atoms with Crippen molar-refractivity contribution in [1.29, 1.82) is 0 Å². The number of allylic oxidation sites excluding steroid dienone is 2. The summed E-state index contributed by atoms with van der Waals surface area (Å²) in [4.78, 5) is 38.4. The number of methoxy groups -OCH3 is 2. The van der Waals surface area contributed by atoms with Gasteiger partial charge in [-0.2, -0.15) is 5.10 Å². The third-order valence-electron chi connectivity index (χ3n) is 4.16. The Bertz CT molecular complexity index is 958. The van der Waals surface area contributed by atoms with Crippen LogP contribution in [0.5, 0.6) is 0 Å². The maximum Gasteiger partial charge on any atom is 0.355 e. The van der Waals surface area contributed by atoms with E-state index in [1.54, 1.807) is 49.5 Å². The molecule has 0 saturated heterocycles. The quantitative estimate of drug-likeness (QED) is 0.744. The highest BCUT2D eigenvalue weighted by molar-refractivity contribution is 6.12. The van der Waals surface area contributed by atoms with Gasteiger partial charge in [0.05, 0.1) is 31.9 Å². The Kier molecular flexibility index (Phi) is 5.39. The van der Waals surface area contributed by atoms with Crippen LogP contribution in [0.4, 0.5) is 11.4 Å². The van der Waals surface area contributed by atoms with Gasteiger partial charge in [-0.3, -0.25) is 4.79 Å². The average molecular weight is 381 g/mol. The van der Waals surface area contributed by atoms with Crippen LogP contribution >= 0.6 is 0 Å². The van der Waals surface area contributed by atoms with Crippen LogP contribution in [0.25, 0.3) is 0 Å². The van der Waals surface area contributed by atoms with Crippen molar-refractivity contribution in [3.63, 3.8) is 0 Å². The van der Waals surface area contributed by atoms with Crippen LogP contribution in [0.3, 0.4) is 0 Å². The predicted molar refractivity (Wildman–Crippen MR) is 103 cm³/mol. The van der Waals surface area contributed by atoms with E-state index < -0.39 is 11.9 Å². The molecule has 2 heterocycles. The molecule has 0 saturated carbocycles. The molecule has 0 fully saturated rings. The Morgan fingerprint density at radius 2 is 1.79 bits per heavy atom. The van der Waals surface area contributed by atoms with Crippen LogP contribution in [0.2, 0.25) is 0 Å². The van der Waals surface area contributed by atoms with E-state index in [0.29, 0.717) is 11.4 Å². The second-order valence-corrected chi connectivity index (χ2v) is 6.05. The van der Waals surface area contributed by atoms with E-state index in [2.05, 4.69) is 5.10 Å². The number of nitrogens with zero attached hydrogens (tertiary/aromatic N) is 3. The summed E-state index contributed by atoms with van der Waals surface area (Å²) in [6, 6.07) is 6.92. The van der Waals surface area contributed by atoms with Crippen molar-refractivity contribution in [2.45, 2.75) is 13.3 Å². The highest BCUT2D eigenvalue weighted by Crippen LogP contribution is 2.30. The van der Waals surface area contributed by atoms with Crippen LogP contribution < -0.4 is 9.91 Å². The summed E-state index contributed by atoms with van der Waals surface area (Å²) in [6.07, 6.45) is 6.66. The molecular formula is C20H19N3O5. The van der Waals surface area contributed by atoms with Gasteiger partial charge in [-0.1, -0.05) is 12.1 Å². The molecule has 8 heteroatoms.